The molecule has 3 rings (SSSR count). The molecule has 2 N–H and O–H groups in total. The fourth-order valence-electron chi connectivity index (χ4n) is 7.41. The summed E-state index contributed by atoms with van der Waals surface area (Å²) in [5.41, 5.74) is 6.51. The van der Waals surface area contributed by atoms with E-state index in [1.807, 2.05) is 26.0 Å². The van der Waals surface area contributed by atoms with Crippen LogP contribution in [0.3, 0.4) is 0 Å². The molecular formula is C28H42N2O2. The number of Topliss-reactive ketones (excluding diaryl/α,β-unsaturated/α-hetero) is 1. The maximum Gasteiger partial charge on any atom is 0.178 e. The molecule has 32 heavy (non-hydrogen) atoms. The number of nitrogens with two attached hydrogens (primary N) is 1. The van der Waals surface area contributed by atoms with Crippen molar-refractivity contribution in [2.75, 3.05) is 6.54 Å². The molecule has 0 saturated heterocycles. The summed E-state index contributed by atoms with van der Waals surface area (Å²) >= 11 is 0. The monoisotopic (exact) mass is 438 g/mol. The maximum atomic E-state index is 13.6. The third-order valence-electron chi connectivity index (χ3n) is 9.20. The number of carbonyl (C=O) groups excluding carboxylic acids is 2. The summed E-state index contributed by atoms with van der Waals surface area (Å²) < 4.78 is 0. The fourth-order valence-corrected chi connectivity index (χ4v) is 7.41. The first-order valence-corrected chi connectivity index (χ1v) is 12.6. The molecule has 0 aromatic carbocycles. The van der Waals surface area contributed by atoms with Gasteiger partial charge in [-0.2, -0.15) is 5.26 Å². The number of ketones is 2. The molecule has 0 aliphatic heterocycles. The first kappa shape index (κ1) is 24.9. The van der Waals surface area contributed by atoms with Gasteiger partial charge in [-0.1, -0.05) is 66.0 Å². The molecule has 5 atom stereocenters. The highest BCUT2D eigenvalue weighted by Gasteiger charge is 2.57. The van der Waals surface area contributed by atoms with Gasteiger partial charge in [0.1, 0.15) is 6.07 Å². The van der Waals surface area contributed by atoms with Crippen molar-refractivity contribution in [3.8, 4) is 6.07 Å². The van der Waals surface area contributed by atoms with Gasteiger partial charge < -0.3 is 5.73 Å². The van der Waals surface area contributed by atoms with Crippen LogP contribution in [0.25, 0.3) is 0 Å². The van der Waals surface area contributed by atoms with Crippen LogP contribution < -0.4 is 5.73 Å². The number of hydrogen-bond donors (Lipinski definition) is 1. The minimum Gasteiger partial charge on any atom is -0.330 e. The molecule has 0 aromatic rings. The van der Waals surface area contributed by atoms with Gasteiger partial charge in [0, 0.05) is 16.7 Å². The van der Waals surface area contributed by atoms with Crippen molar-refractivity contribution < 1.29 is 9.59 Å². The molecule has 3 aliphatic carbocycles. The SMILES string of the molecule is CCCCC(C)(C)C(CCN)C1CC2CCC3C(C)(C)C(=O)C(C#N)=CC3(C)C2=CC1=O. The number of unbranched alkanes of at least 4 members (excludes halogenated alkanes) is 1. The normalized spacial score (nSPS) is 32.9. The molecule has 4 heteroatoms. The number of allylic oxidation sites excluding steroid dienone is 4. The molecule has 4 nitrogen and oxygen atoms in total. The lowest BCUT2D eigenvalue weighted by molar-refractivity contribution is -0.130. The second-order valence-electron chi connectivity index (χ2n) is 12.0. The van der Waals surface area contributed by atoms with Crippen molar-refractivity contribution in [3.63, 3.8) is 0 Å². The molecule has 176 valence electrons. The second kappa shape index (κ2) is 8.90. The Balaban J connectivity index is 2.01. The van der Waals surface area contributed by atoms with Gasteiger partial charge in [-0.05, 0) is 67.9 Å². The lowest BCUT2D eigenvalue weighted by Gasteiger charge is -2.55. The Bertz CT molecular complexity index is 872. The standard InChI is InChI=1S/C28H42N2O2/c1-7-8-12-26(2,3)21(11-13-29)20-14-18-9-10-24-27(4,5)25(32)19(17-30)16-28(24,6)22(18)15-23(20)31/h15-16,18,20-21,24H,7-14,29H2,1-6H3. The van der Waals surface area contributed by atoms with Crippen LogP contribution in [0.4, 0.5) is 0 Å². The highest BCUT2D eigenvalue weighted by molar-refractivity contribution is 6.04. The van der Waals surface area contributed by atoms with Gasteiger partial charge in [-0.15, -0.1) is 0 Å². The van der Waals surface area contributed by atoms with Gasteiger partial charge in [0.15, 0.2) is 11.6 Å². The van der Waals surface area contributed by atoms with Gasteiger partial charge in [0.05, 0.1) is 5.57 Å². The second-order valence-corrected chi connectivity index (χ2v) is 12.0. The molecule has 0 amide bonds. The average Bonchev–Trinajstić information content (AvgIpc) is 2.73. The van der Waals surface area contributed by atoms with Crippen molar-refractivity contribution in [1.82, 2.24) is 0 Å². The molecule has 0 bridgehead atoms. The van der Waals surface area contributed by atoms with E-state index in [4.69, 9.17) is 5.73 Å². The minimum atomic E-state index is -0.593. The first-order valence-electron chi connectivity index (χ1n) is 12.6. The van der Waals surface area contributed by atoms with Crippen LogP contribution in [-0.4, -0.2) is 18.1 Å². The fraction of sp³-hybridized carbons (Fsp3) is 0.750. The Morgan fingerprint density at radius 1 is 1.25 bits per heavy atom. The van der Waals surface area contributed by atoms with E-state index in [9.17, 15) is 14.9 Å². The van der Waals surface area contributed by atoms with E-state index in [0.717, 1.165) is 44.1 Å². The number of nitriles is 1. The molecule has 0 radical (unpaired) electrons. The van der Waals surface area contributed by atoms with Gasteiger partial charge in [0.2, 0.25) is 0 Å². The van der Waals surface area contributed by atoms with Crippen molar-refractivity contribution in [2.24, 2.45) is 45.7 Å². The van der Waals surface area contributed by atoms with E-state index in [1.54, 1.807) is 0 Å². The predicted octanol–water partition coefficient (Wildman–Crippen LogP) is 5.77. The maximum absolute atomic E-state index is 13.6. The number of hydrogen-bond acceptors (Lipinski definition) is 4. The summed E-state index contributed by atoms with van der Waals surface area (Å²) in [7, 11) is 0. The van der Waals surface area contributed by atoms with Crippen LogP contribution in [0.2, 0.25) is 0 Å². The Labute approximate surface area is 194 Å². The van der Waals surface area contributed by atoms with Crippen LogP contribution in [-0.2, 0) is 9.59 Å². The Hall–Kier alpha value is -1.73. The third-order valence-corrected chi connectivity index (χ3v) is 9.20. The van der Waals surface area contributed by atoms with Gasteiger partial charge in [-0.25, -0.2) is 0 Å². The lowest BCUT2D eigenvalue weighted by atomic mass is 9.47. The van der Waals surface area contributed by atoms with Gasteiger partial charge >= 0.3 is 0 Å². The van der Waals surface area contributed by atoms with Crippen molar-refractivity contribution in [3.05, 3.63) is 23.3 Å². The smallest absolute Gasteiger partial charge is 0.178 e. The topological polar surface area (TPSA) is 83.9 Å². The molecule has 1 fully saturated rings. The number of carbonyl (C=O) groups is 2. The predicted molar refractivity (Wildman–Crippen MR) is 128 cm³/mol. The Kier molecular flexibility index (Phi) is 6.93. The van der Waals surface area contributed by atoms with E-state index in [-0.39, 0.29) is 40.3 Å². The van der Waals surface area contributed by atoms with Crippen molar-refractivity contribution in [1.29, 1.82) is 5.26 Å². The number of rotatable bonds is 7. The average molecular weight is 439 g/mol. The van der Waals surface area contributed by atoms with Crippen LogP contribution in [0.15, 0.2) is 23.3 Å². The minimum absolute atomic E-state index is 0.0111. The van der Waals surface area contributed by atoms with Crippen LogP contribution in [0, 0.1) is 51.2 Å². The number of fused-ring (bicyclic) bond motifs is 3. The summed E-state index contributed by atoms with van der Waals surface area (Å²) in [5.74, 6) is 0.917. The van der Waals surface area contributed by atoms with Crippen molar-refractivity contribution in [2.45, 2.75) is 86.5 Å². The summed E-state index contributed by atoms with van der Waals surface area (Å²) in [5, 5.41) is 9.64. The number of nitrogens with zero attached hydrogens (tertiary/aromatic N) is 1. The largest absolute Gasteiger partial charge is 0.330 e. The lowest BCUT2D eigenvalue weighted by Crippen LogP contribution is -2.52. The van der Waals surface area contributed by atoms with Crippen molar-refractivity contribution >= 4 is 11.6 Å². The zero-order chi connectivity index (χ0) is 23.9. The molecule has 5 unspecified atom stereocenters. The van der Waals surface area contributed by atoms with Gasteiger partial charge in [-0.3, -0.25) is 9.59 Å². The quantitative estimate of drug-likeness (QED) is 0.546. The third kappa shape index (κ3) is 4.03. The molecular weight excluding hydrogens is 396 g/mol. The zero-order valence-corrected chi connectivity index (χ0v) is 21.0. The summed E-state index contributed by atoms with van der Waals surface area (Å²) in [4.78, 5) is 26.5. The molecule has 1 saturated carbocycles. The van der Waals surface area contributed by atoms with E-state index in [1.165, 1.54) is 6.42 Å². The van der Waals surface area contributed by atoms with E-state index in [2.05, 4.69) is 33.8 Å². The van der Waals surface area contributed by atoms with Crippen LogP contribution in [0.5, 0.6) is 0 Å². The Morgan fingerprint density at radius 3 is 2.53 bits per heavy atom. The molecule has 3 aliphatic rings. The highest BCUT2D eigenvalue weighted by atomic mass is 16.1. The molecule has 0 spiro atoms. The summed E-state index contributed by atoms with van der Waals surface area (Å²) in [6, 6.07) is 2.14. The molecule has 0 heterocycles. The van der Waals surface area contributed by atoms with Crippen LogP contribution >= 0.6 is 0 Å². The summed E-state index contributed by atoms with van der Waals surface area (Å²) in [6.45, 7) is 13.5. The highest BCUT2D eigenvalue weighted by Crippen LogP contribution is 2.61. The zero-order valence-electron chi connectivity index (χ0n) is 21.0. The Morgan fingerprint density at radius 2 is 1.94 bits per heavy atom. The van der Waals surface area contributed by atoms with E-state index >= 15 is 0 Å². The van der Waals surface area contributed by atoms with Crippen LogP contribution in [0.1, 0.15) is 86.5 Å². The molecule has 0 aromatic heterocycles. The van der Waals surface area contributed by atoms with E-state index in [0.29, 0.717) is 12.5 Å². The van der Waals surface area contributed by atoms with E-state index < -0.39 is 10.8 Å². The summed E-state index contributed by atoms with van der Waals surface area (Å²) in [6.07, 6.45) is 11.0. The first-order chi connectivity index (χ1) is 14.9. The van der Waals surface area contributed by atoms with Gasteiger partial charge in [0.25, 0.3) is 0 Å².